The topological polar surface area (TPSA) is 84.0 Å². The van der Waals surface area contributed by atoms with E-state index in [1.54, 1.807) is 9.80 Å². The van der Waals surface area contributed by atoms with Crippen molar-refractivity contribution in [3.05, 3.63) is 22.6 Å². The van der Waals surface area contributed by atoms with Crippen LogP contribution in [-0.2, 0) is 15.7 Å². The highest BCUT2D eigenvalue weighted by atomic mass is 32.1. The maximum absolute atomic E-state index is 13.8. The second-order valence-corrected chi connectivity index (χ2v) is 9.52. The molecule has 0 saturated carbocycles. The zero-order valence-electron chi connectivity index (χ0n) is 17.9. The molecule has 2 aromatic heterocycles. The van der Waals surface area contributed by atoms with Crippen molar-refractivity contribution < 1.29 is 32.2 Å². The van der Waals surface area contributed by atoms with Crippen LogP contribution in [0, 0.1) is 0 Å². The van der Waals surface area contributed by atoms with Gasteiger partial charge >= 0.3 is 12.3 Å². The molecule has 178 valence electrons. The summed E-state index contributed by atoms with van der Waals surface area (Å²) in [6.45, 7) is 2.60. The van der Waals surface area contributed by atoms with Gasteiger partial charge in [-0.3, -0.25) is 4.79 Å². The molecule has 8 nitrogen and oxygen atoms in total. The number of ether oxygens (including phenoxy) is 2. The van der Waals surface area contributed by atoms with Gasteiger partial charge in [0, 0.05) is 44.8 Å². The number of piperidine rings is 1. The van der Waals surface area contributed by atoms with E-state index in [0.717, 1.165) is 30.4 Å². The van der Waals surface area contributed by atoms with Gasteiger partial charge in [0.05, 0.1) is 41.0 Å². The number of alkyl halides is 3. The summed E-state index contributed by atoms with van der Waals surface area (Å²) in [6, 6.07) is 1.04. The minimum absolute atomic E-state index is 0.0441. The second kappa shape index (κ2) is 8.01. The molecule has 5 heterocycles. The van der Waals surface area contributed by atoms with Gasteiger partial charge in [-0.15, -0.1) is 11.3 Å². The molecule has 3 aliphatic rings. The summed E-state index contributed by atoms with van der Waals surface area (Å²) in [4.78, 5) is 32.2. The van der Waals surface area contributed by atoms with Crippen LogP contribution < -0.4 is 10.2 Å². The van der Waals surface area contributed by atoms with Gasteiger partial charge in [0.1, 0.15) is 17.5 Å². The first kappa shape index (κ1) is 22.2. The molecule has 2 aromatic rings. The van der Waals surface area contributed by atoms with Crippen LogP contribution in [0.15, 0.2) is 11.4 Å². The van der Waals surface area contributed by atoms with Crippen molar-refractivity contribution in [3.8, 4) is 0 Å². The molecular formula is C21H23F3N4O4S. The number of fused-ring (bicyclic) bond motifs is 1. The number of nitrogens with zero attached hydrogens (tertiary/aromatic N) is 3. The number of nitrogens with one attached hydrogen (secondary N) is 1. The van der Waals surface area contributed by atoms with Crippen LogP contribution >= 0.6 is 11.3 Å². The highest BCUT2D eigenvalue weighted by Gasteiger charge is 2.51. The molecule has 0 unspecified atom stereocenters. The van der Waals surface area contributed by atoms with E-state index in [-0.39, 0.29) is 39.4 Å². The monoisotopic (exact) mass is 484 g/mol. The standard InChI is InChI=1S/C21H23F3N4O4S/c1-25-18(29)13-9-33-17-14(21(22,23)24)8-15(26-16(13)17)27-5-2-12(3-6-27)32-19(30)28-10-20(11-28)4-7-31-20/h8-9,12H,2-7,10-11H2,1H3,(H,25,29). The molecule has 0 aromatic carbocycles. The number of hydrogen-bond acceptors (Lipinski definition) is 7. The predicted octanol–water partition coefficient (Wildman–Crippen LogP) is 3.25. The lowest BCUT2D eigenvalue weighted by atomic mass is 9.87. The molecule has 0 atom stereocenters. The average Bonchev–Trinajstić information content (AvgIpc) is 3.14. The molecule has 33 heavy (non-hydrogen) atoms. The number of anilines is 1. The van der Waals surface area contributed by atoms with Crippen LogP contribution in [-0.4, -0.2) is 73.4 Å². The number of carbonyl (C=O) groups excluding carboxylic acids is 2. The molecule has 1 spiro atoms. The Labute approximate surface area is 191 Å². The number of pyridine rings is 1. The van der Waals surface area contributed by atoms with Crippen LogP contribution in [0.2, 0.25) is 0 Å². The number of amides is 2. The third kappa shape index (κ3) is 3.99. The Bertz CT molecular complexity index is 1090. The molecule has 3 aliphatic heterocycles. The van der Waals surface area contributed by atoms with Crippen LogP contribution in [0.4, 0.5) is 23.8 Å². The average molecular weight is 485 g/mol. The highest BCUT2D eigenvalue weighted by molar-refractivity contribution is 7.17. The van der Waals surface area contributed by atoms with E-state index in [0.29, 0.717) is 39.0 Å². The van der Waals surface area contributed by atoms with Gasteiger partial charge < -0.3 is 24.6 Å². The van der Waals surface area contributed by atoms with Crippen molar-refractivity contribution >= 4 is 39.4 Å². The van der Waals surface area contributed by atoms with E-state index in [4.69, 9.17) is 9.47 Å². The lowest BCUT2D eigenvalue weighted by molar-refractivity contribution is -0.213. The first-order valence-corrected chi connectivity index (χ1v) is 11.6. The minimum atomic E-state index is -4.58. The third-order valence-corrected chi connectivity index (χ3v) is 7.50. The Kier molecular flexibility index (Phi) is 5.39. The Hall–Kier alpha value is -2.60. The predicted molar refractivity (Wildman–Crippen MR) is 115 cm³/mol. The van der Waals surface area contributed by atoms with E-state index in [2.05, 4.69) is 10.3 Å². The smallest absolute Gasteiger partial charge is 0.417 e. The van der Waals surface area contributed by atoms with E-state index < -0.39 is 17.6 Å². The maximum atomic E-state index is 13.8. The molecular weight excluding hydrogens is 461 g/mol. The van der Waals surface area contributed by atoms with Gasteiger partial charge in [0.25, 0.3) is 5.91 Å². The minimum Gasteiger partial charge on any atom is -0.446 e. The zero-order valence-corrected chi connectivity index (χ0v) is 18.7. The first-order valence-electron chi connectivity index (χ1n) is 10.8. The van der Waals surface area contributed by atoms with Crippen molar-refractivity contribution in [2.24, 2.45) is 0 Å². The molecule has 0 bridgehead atoms. The summed E-state index contributed by atoms with van der Waals surface area (Å²) in [7, 11) is 1.42. The van der Waals surface area contributed by atoms with Gasteiger partial charge in [0.15, 0.2) is 0 Å². The van der Waals surface area contributed by atoms with Gasteiger partial charge in [-0.1, -0.05) is 0 Å². The summed E-state index contributed by atoms with van der Waals surface area (Å²) >= 11 is 0.857. The molecule has 1 N–H and O–H groups in total. The van der Waals surface area contributed by atoms with E-state index in [1.165, 1.54) is 12.4 Å². The fourth-order valence-corrected chi connectivity index (χ4v) is 5.53. The van der Waals surface area contributed by atoms with Crippen molar-refractivity contribution in [2.75, 3.05) is 44.7 Å². The molecule has 3 fully saturated rings. The van der Waals surface area contributed by atoms with Crippen molar-refractivity contribution in [1.29, 1.82) is 0 Å². The SMILES string of the molecule is CNC(=O)c1csc2c(C(F)(F)F)cc(N3CCC(OC(=O)N4CC5(CCO5)C4)CC3)nc12. The van der Waals surface area contributed by atoms with Crippen LogP contribution in [0.5, 0.6) is 0 Å². The number of likely N-dealkylation sites (tertiary alicyclic amines) is 1. The first-order chi connectivity index (χ1) is 15.7. The third-order valence-electron chi connectivity index (χ3n) is 6.50. The van der Waals surface area contributed by atoms with Crippen molar-refractivity contribution in [3.63, 3.8) is 0 Å². The summed E-state index contributed by atoms with van der Waals surface area (Å²) < 4.78 is 52.3. The number of halogens is 3. The van der Waals surface area contributed by atoms with Crippen LogP contribution in [0.25, 0.3) is 10.2 Å². The van der Waals surface area contributed by atoms with Gasteiger partial charge in [-0.05, 0) is 6.07 Å². The zero-order chi connectivity index (χ0) is 23.4. The quantitative estimate of drug-likeness (QED) is 0.720. The van der Waals surface area contributed by atoms with E-state index >= 15 is 0 Å². The van der Waals surface area contributed by atoms with Crippen molar-refractivity contribution in [1.82, 2.24) is 15.2 Å². The fourth-order valence-electron chi connectivity index (χ4n) is 4.50. The summed E-state index contributed by atoms with van der Waals surface area (Å²) in [5.41, 5.74) is -0.807. The molecule has 0 aliphatic carbocycles. The van der Waals surface area contributed by atoms with Crippen molar-refractivity contribution in [2.45, 2.75) is 37.1 Å². The number of rotatable bonds is 3. The summed E-state index contributed by atoms with van der Waals surface area (Å²) in [6.07, 6.45) is -3.34. The highest BCUT2D eigenvalue weighted by Crippen LogP contribution is 2.41. The normalized spacial score (nSPS) is 20.5. The Balaban J connectivity index is 1.28. The molecule has 0 radical (unpaired) electrons. The van der Waals surface area contributed by atoms with Crippen LogP contribution in [0.3, 0.4) is 0 Å². The van der Waals surface area contributed by atoms with E-state index in [9.17, 15) is 22.8 Å². The molecule has 2 amide bonds. The largest absolute Gasteiger partial charge is 0.446 e. The lowest BCUT2D eigenvalue weighted by Crippen LogP contribution is -2.69. The van der Waals surface area contributed by atoms with E-state index in [1.807, 2.05) is 0 Å². The summed E-state index contributed by atoms with van der Waals surface area (Å²) in [5, 5.41) is 3.84. The number of hydrogen-bond donors (Lipinski definition) is 1. The number of thiophene rings is 1. The Morgan fingerprint density at radius 1 is 1.30 bits per heavy atom. The fraction of sp³-hybridized carbons (Fsp3) is 0.571. The molecule has 5 rings (SSSR count). The van der Waals surface area contributed by atoms with Gasteiger partial charge in [-0.2, -0.15) is 13.2 Å². The Morgan fingerprint density at radius 2 is 2.00 bits per heavy atom. The number of carbonyl (C=O) groups is 2. The second-order valence-electron chi connectivity index (χ2n) is 8.64. The van der Waals surface area contributed by atoms with Crippen LogP contribution in [0.1, 0.15) is 35.2 Å². The maximum Gasteiger partial charge on any atom is 0.417 e. The summed E-state index contributed by atoms with van der Waals surface area (Å²) in [5.74, 6) is -0.320. The Morgan fingerprint density at radius 3 is 2.58 bits per heavy atom. The van der Waals surface area contributed by atoms with Gasteiger partial charge in [-0.25, -0.2) is 9.78 Å². The molecule has 12 heteroatoms. The van der Waals surface area contributed by atoms with Gasteiger partial charge in [0.2, 0.25) is 0 Å². The molecule has 3 saturated heterocycles. The number of aromatic nitrogens is 1. The lowest BCUT2D eigenvalue weighted by Gasteiger charge is -2.54.